The fraction of sp³-hybridized carbons (Fsp3) is 0.391. The van der Waals surface area contributed by atoms with Crippen molar-refractivity contribution in [1.29, 1.82) is 0 Å². The molecule has 27 heavy (non-hydrogen) atoms. The molecular formula is C23H29NO3. The number of rotatable bonds is 11. The van der Waals surface area contributed by atoms with Gasteiger partial charge in [0.1, 0.15) is 11.7 Å². The topological polar surface area (TPSA) is 55.4 Å². The first-order valence-corrected chi connectivity index (χ1v) is 9.54. The summed E-state index contributed by atoms with van der Waals surface area (Å²) in [7, 11) is 1.34. The molecule has 2 rings (SSSR count). The number of esters is 1. The Morgan fingerprint density at radius 2 is 1.59 bits per heavy atom. The molecule has 0 aliphatic heterocycles. The molecule has 0 heterocycles. The Bertz CT molecular complexity index is 700. The van der Waals surface area contributed by atoms with Crippen LogP contribution in [-0.2, 0) is 20.7 Å². The van der Waals surface area contributed by atoms with Crippen LogP contribution in [0.5, 0.6) is 0 Å². The number of hydrogen-bond donors (Lipinski definition) is 1. The van der Waals surface area contributed by atoms with Crippen LogP contribution in [0.25, 0.3) is 0 Å². The molecule has 0 saturated heterocycles. The Morgan fingerprint density at radius 1 is 0.963 bits per heavy atom. The minimum Gasteiger partial charge on any atom is -0.468 e. The maximum absolute atomic E-state index is 12.5. The summed E-state index contributed by atoms with van der Waals surface area (Å²) < 4.78 is 4.84. The van der Waals surface area contributed by atoms with Gasteiger partial charge in [0.25, 0.3) is 0 Å². The average molecular weight is 367 g/mol. The smallest absolute Gasteiger partial charge is 0.316 e. The summed E-state index contributed by atoms with van der Waals surface area (Å²) in [5.41, 5.74) is 2.22. The summed E-state index contributed by atoms with van der Waals surface area (Å²) in [5, 5.41) is 3.47. The van der Waals surface area contributed by atoms with Crippen LogP contribution < -0.4 is 5.32 Å². The lowest BCUT2D eigenvalue weighted by atomic mass is 9.92. The number of ketones is 1. The molecule has 0 aliphatic carbocycles. The van der Waals surface area contributed by atoms with Gasteiger partial charge in [0.15, 0.2) is 0 Å². The van der Waals surface area contributed by atoms with Gasteiger partial charge in [-0.15, -0.1) is 0 Å². The fourth-order valence-electron chi connectivity index (χ4n) is 3.10. The molecule has 0 amide bonds. The van der Waals surface area contributed by atoms with Crippen molar-refractivity contribution in [3.8, 4) is 0 Å². The Hall–Kier alpha value is -2.46. The highest BCUT2D eigenvalue weighted by Crippen LogP contribution is 2.15. The molecule has 4 nitrogen and oxygen atoms in total. The van der Waals surface area contributed by atoms with Gasteiger partial charge < -0.3 is 10.1 Å². The minimum atomic E-state index is -0.714. The highest BCUT2D eigenvalue weighted by molar-refractivity contribution is 5.99. The van der Waals surface area contributed by atoms with Gasteiger partial charge in [-0.2, -0.15) is 0 Å². The maximum atomic E-state index is 12.5. The predicted molar refractivity (Wildman–Crippen MR) is 107 cm³/mol. The van der Waals surface area contributed by atoms with Crippen LogP contribution in [0.4, 0.5) is 0 Å². The molecule has 1 N–H and O–H groups in total. The van der Waals surface area contributed by atoms with Crippen LogP contribution in [-0.4, -0.2) is 25.4 Å². The van der Waals surface area contributed by atoms with Gasteiger partial charge >= 0.3 is 5.97 Å². The second kappa shape index (κ2) is 11.3. The van der Waals surface area contributed by atoms with E-state index < -0.39 is 11.9 Å². The first kappa shape index (κ1) is 20.8. The zero-order valence-electron chi connectivity index (χ0n) is 16.2. The molecule has 2 atom stereocenters. The second-order valence-electron chi connectivity index (χ2n) is 6.78. The number of benzene rings is 2. The van der Waals surface area contributed by atoms with Crippen molar-refractivity contribution < 1.29 is 14.3 Å². The van der Waals surface area contributed by atoms with E-state index in [1.807, 2.05) is 48.5 Å². The lowest BCUT2D eigenvalue weighted by Crippen LogP contribution is -2.27. The van der Waals surface area contributed by atoms with Gasteiger partial charge in [-0.05, 0) is 43.9 Å². The maximum Gasteiger partial charge on any atom is 0.316 e. The van der Waals surface area contributed by atoms with E-state index in [0.29, 0.717) is 12.8 Å². The molecule has 0 saturated carbocycles. The SMILES string of the molecule is COC(=O)C(Cc1ccccc1)C(=O)CCCCN[C@@H](C)c1ccccc1. The number of ether oxygens (including phenoxy) is 1. The van der Waals surface area contributed by atoms with Crippen molar-refractivity contribution in [3.63, 3.8) is 0 Å². The molecule has 2 aromatic rings. The number of carbonyl (C=O) groups excluding carboxylic acids is 2. The van der Waals surface area contributed by atoms with Crippen LogP contribution in [0.3, 0.4) is 0 Å². The monoisotopic (exact) mass is 367 g/mol. The van der Waals surface area contributed by atoms with Crippen molar-refractivity contribution in [2.75, 3.05) is 13.7 Å². The van der Waals surface area contributed by atoms with E-state index in [1.165, 1.54) is 12.7 Å². The van der Waals surface area contributed by atoms with Gasteiger partial charge in [-0.25, -0.2) is 0 Å². The first-order valence-electron chi connectivity index (χ1n) is 9.54. The molecule has 0 radical (unpaired) electrons. The van der Waals surface area contributed by atoms with Crippen LogP contribution in [0.15, 0.2) is 60.7 Å². The van der Waals surface area contributed by atoms with Crippen LogP contribution in [0.2, 0.25) is 0 Å². The zero-order valence-corrected chi connectivity index (χ0v) is 16.2. The van der Waals surface area contributed by atoms with E-state index in [1.54, 1.807) is 0 Å². The lowest BCUT2D eigenvalue weighted by molar-refractivity contribution is -0.149. The number of Topliss-reactive ketones (excluding diaryl/α,β-unsaturated/α-hetero) is 1. The van der Waals surface area contributed by atoms with Crippen LogP contribution >= 0.6 is 0 Å². The number of carbonyl (C=O) groups is 2. The van der Waals surface area contributed by atoms with Gasteiger partial charge in [0, 0.05) is 12.5 Å². The summed E-state index contributed by atoms with van der Waals surface area (Å²) >= 11 is 0. The van der Waals surface area contributed by atoms with Gasteiger partial charge in [0.05, 0.1) is 7.11 Å². The summed E-state index contributed by atoms with van der Waals surface area (Å²) in [6, 6.07) is 20.2. The third-order valence-corrected chi connectivity index (χ3v) is 4.76. The van der Waals surface area contributed by atoms with Crippen molar-refractivity contribution in [3.05, 3.63) is 71.8 Å². The van der Waals surface area contributed by atoms with Gasteiger partial charge in [-0.3, -0.25) is 9.59 Å². The minimum absolute atomic E-state index is 0.0400. The van der Waals surface area contributed by atoms with Crippen molar-refractivity contribution in [2.24, 2.45) is 5.92 Å². The Balaban J connectivity index is 1.75. The van der Waals surface area contributed by atoms with E-state index in [-0.39, 0.29) is 11.8 Å². The largest absolute Gasteiger partial charge is 0.468 e. The Labute approximate surface area is 161 Å². The summed E-state index contributed by atoms with van der Waals surface area (Å²) in [6.45, 7) is 2.97. The van der Waals surface area contributed by atoms with E-state index >= 15 is 0 Å². The van der Waals surface area contributed by atoms with Gasteiger partial charge in [-0.1, -0.05) is 60.7 Å². The molecule has 0 spiro atoms. The van der Waals surface area contributed by atoms with E-state index in [2.05, 4.69) is 24.4 Å². The highest BCUT2D eigenvalue weighted by Gasteiger charge is 2.27. The molecule has 1 unspecified atom stereocenters. The Morgan fingerprint density at radius 3 is 2.22 bits per heavy atom. The number of methoxy groups -OCH3 is 1. The summed E-state index contributed by atoms with van der Waals surface area (Å²) in [4.78, 5) is 24.6. The third-order valence-electron chi connectivity index (χ3n) is 4.76. The van der Waals surface area contributed by atoms with Crippen LogP contribution in [0, 0.1) is 5.92 Å². The molecular weight excluding hydrogens is 338 g/mol. The van der Waals surface area contributed by atoms with Gasteiger partial charge in [0.2, 0.25) is 0 Å². The Kier molecular flexibility index (Phi) is 8.72. The van der Waals surface area contributed by atoms with Crippen LogP contribution in [0.1, 0.15) is 43.4 Å². The molecule has 0 aliphatic rings. The predicted octanol–water partition coefficient (Wildman–Crippen LogP) is 4.11. The van der Waals surface area contributed by atoms with Crippen molar-refractivity contribution in [1.82, 2.24) is 5.32 Å². The van der Waals surface area contributed by atoms with E-state index in [4.69, 9.17) is 4.74 Å². The van der Waals surface area contributed by atoms with E-state index in [0.717, 1.165) is 24.9 Å². The standard InChI is InChI=1S/C23H29NO3/c1-18(20-13-7-4-8-14-20)24-16-10-9-15-22(25)21(23(26)27-2)17-19-11-5-3-6-12-19/h3-8,11-14,18,21,24H,9-10,15-17H2,1-2H3/t18-,21?/m0/s1. The summed E-state index contributed by atoms with van der Waals surface area (Å²) in [6.07, 6.45) is 2.45. The normalized spacial score (nSPS) is 13.0. The molecule has 0 fully saturated rings. The third kappa shape index (κ3) is 6.99. The second-order valence-corrected chi connectivity index (χ2v) is 6.78. The highest BCUT2D eigenvalue weighted by atomic mass is 16.5. The lowest BCUT2D eigenvalue weighted by Gasteiger charge is -2.15. The number of hydrogen-bond acceptors (Lipinski definition) is 4. The average Bonchev–Trinajstić information content (AvgIpc) is 2.72. The number of nitrogens with one attached hydrogen (secondary N) is 1. The molecule has 0 aromatic heterocycles. The number of unbranched alkanes of at least 4 members (excludes halogenated alkanes) is 1. The quantitative estimate of drug-likeness (QED) is 0.369. The first-order chi connectivity index (χ1) is 13.1. The van der Waals surface area contributed by atoms with E-state index in [9.17, 15) is 9.59 Å². The molecule has 144 valence electrons. The van der Waals surface area contributed by atoms with Crippen molar-refractivity contribution >= 4 is 11.8 Å². The zero-order chi connectivity index (χ0) is 19.5. The van der Waals surface area contributed by atoms with Crippen molar-refractivity contribution in [2.45, 2.75) is 38.6 Å². The summed E-state index contributed by atoms with van der Waals surface area (Å²) in [5.74, 6) is -1.20. The molecule has 0 bridgehead atoms. The molecule has 2 aromatic carbocycles. The fourth-order valence-corrected chi connectivity index (χ4v) is 3.10. The molecule has 4 heteroatoms.